The number of ether oxygens (including phenoxy) is 3. The average molecular weight is 563 g/mol. The Labute approximate surface area is 242 Å². The topological polar surface area (TPSA) is 94.9 Å². The quantitative estimate of drug-likeness (QED) is 0.330. The summed E-state index contributed by atoms with van der Waals surface area (Å²) in [6.45, 7) is 15.6. The van der Waals surface area contributed by atoms with Gasteiger partial charge >= 0.3 is 6.09 Å². The molecule has 2 aromatic carbocycles. The molecule has 0 saturated carbocycles. The molecule has 0 unspecified atom stereocenters. The summed E-state index contributed by atoms with van der Waals surface area (Å²) in [6.07, 6.45) is 2.69. The van der Waals surface area contributed by atoms with Gasteiger partial charge in [-0.3, -0.25) is 4.79 Å². The fraction of sp³-hybridized carbons (Fsp3) is 0.469. The summed E-state index contributed by atoms with van der Waals surface area (Å²) in [5, 5.41) is 7.77. The molecule has 1 aliphatic heterocycles. The third-order valence-electron chi connectivity index (χ3n) is 6.97. The Morgan fingerprint density at radius 3 is 2.34 bits per heavy atom. The second-order valence-corrected chi connectivity index (χ2v) is 11.4. The maximum absolute atomic E-state index is 13.9. The summed E-state index contributed by atoms with van der Waals surface area (Å²) in [6, 6.07) is 11.6. The minimum absolute atomic E-state index is 0.0127. The van der Waals surface area contributed by atoms with Crippen molar-refractivity contribution in [3.8, 4) is 17.2 Å². The predicted molar refractivity (Wildman–Crippen MR) is 160 cm³/mol. The van der Waals surface area contributed by atoms with Crippen LogP contribution in [0.4, 0.5) is 10.5 Å². The third kappa shape index (κ3) is 7.20. The van der Waals surface area contributed by atoms with E-state index in [9.17, 15) is 9.59 Å². The number of amides is 2. The van der Waals surface area contributed by atoms with Crippen molar-refractivity contribution in [2.24, 2.45) is 0 Å². The van der Waals surface area contributed by atoms with E-state index < -0.39 is 5.60 Å². The first-order valence-corrected chi connectivity index (χ1v) is 14.3. The van der Waals surface area contributed by atoms with Crippen LogP contribution in [0.3, 0.4) is 0 Å². The number of carbonyl (C=O) groups is 2. The van der Waals surface area contributed by atoms with Crippen molar-refractivity contribution in [2.45, 2.75) is 72.8 Å². The summed E-state index contributed by atoms with van der Waals surface area (Å²) in [5.74, 6) is 0.948. The van der Waals surface area contributed by atoms with Crippen molar-refractivity contribution < 1.29 is 23.8 Å². The molecule has 2 amide bonds. The molecule has 3 aromatic rings. The molecule has 9 nitrogen and oxygen atoms in total. The minimum atomic E-state index is -0.555. The van der Waals surface area contributed by atoms with Gasteiger partial charge in [-0.05, 0) is 85.1 Å². The zero-order valence-corrected chi connectivity index (χ0v) is 25.2. The first-order valence-electron chi connectivity index (χ1n) is 14.3. The second kappa shape index (κ2) is 12.7. The molecule has 1 N–H and O–H groups in total. The number of nitrogens with zero attached hydrogens (tertiary/aromatic N) is 3. The summed E-state index contributed by atoms with van der Waals surface area (Å²) >= 11 is 0. The molecule has 2 heterocycles. The van der Waals surface area contributed by atoms with E-state index in [1.54, 1.807) is 23.2 Å². The lowest BCUT2D eigenvalue weighted by Crippen LogP contribution is -2.41. The summed E-state index contributed by atoms with van der Waals surface area (Å²) in [5.41, 5.74) is 4.44. The highest BCUT2D eigenvalue weighted by atomic mass is 16.6. The van der Waals surface area contributed by atoms with E-state index in [-0.39, 0.29) is 17.9 Å². The van der Waals surface area contributed by atoms with Crippen LogP contribution in [0.2, 0.25) is 0 Å². The molecule has 0 aliphatic carbocycles. The summed E-state index contributed by atoms with van der Waals surface area (Å²) in [4.78, 5) is 28.3. The second-order valence-electron chi connectivity index (χ2n) is 11.4. The molecule has 1 aromatic heterocycles. The van der Waals surface area contributed by atoms with Crippen LogP contribution in [-0.4, -0.2) is 58.6 Å². The van der Waals surface area contributed by atoms with E-state index in [0.29, 0.717) is 61.9 Å². The smallest absolute Gasteiger partial charge is 0.410 e. The van der Waals surface area contributed by atoms with Gasteiger partial charge in [-0.25, -0.2) is 9.48 Å². The average Bonchev–Trinajstić information content (AvgIpc) is 3.34. The molecular formula is C32H42N4O5. The van der Waals surface area contributed by atoms with Crippen molar-refractivity contribution in [1.29, 1.82) is 0 Å². The predicted octanol–water partition coefficient (Wildman–Crippen LogP) is 6.65. The standard InChI is InChI=1S/C32H42N4O5/c1-8-39-24-11-13-28(40-9-2)26(19-24)34-30(37)25-20-33-36(27-12-10-21(3)18-22(27)4)29(25)23-14-16-35(17-15-23)31(38)41-32(5,6)7/h10-13,18-20,23H,8-9,14-17H2,1-7H3,(H,34,37). The van der Waals surface area contributed by atoms with E-state index in [1.165, 1.54) is 0 Å². The van der Waals surface area contributed by atoms with E-state index in [4.69, 9.17) is 19.3 Å². The van der Waals surface area contributed by atoms with Crippen LogP contribution >= 0.6 is 0 Å². The molecule has 0 radical (unpaired) electrons. The van der Waals surface area contributed by atoms with Crippen molar-refractivity contribution in [2.75, 3.05) is 31.6 Å². The fourth-order valence-corrected chi connectivity index (χ4v) is 5.16. The molecule has 9 heteroatoms. The number of rotatable bonds is 8. The Kier molecular flexibility index (Phi) is 9.25. The molecule has 1 aliphatic rings. The number of aryl methyl sites for hydroxylation is 2. The Morgan fingerprint density at radius 1 is 1.00 bits per heavy atom. The minimum Gasteiger partial charge on any atom is -0.494 e. The molecule has 1 saturated heterocycles. The first-order chi connectivity index (χ1) is 19.5. The highest BCUT2D eigenvalue weighted by molar-refractivity contribution is 6.06. The lowest BCUT2D eigenvalue weighted by atomic mass is 9.90. The third-order valence-corrected chi connectivity index (χ3v) is 6.97. The molecule has 0 bridgehead atoms. The van der Waals surface area contributed by atoms with Crippen LogP contribution in [0.5, 0.6) is 11.5 Å². The number of piperidine rings is 1. The molecular weight excluding hydrogens is 520 g/mol. The largest absolute Gasteiger partial charge is 0.494 e. The highest BCUT2D eigenvalue weighted by Crippen LogP contribution is 2.35. The SMILES string of the molecule is CCOc1ccc(OCC)c(NC(=O)c2cnn(-c3ccc(C)cc3C)c2C2CCN(C(=O)OC(C)(C)C)CC2)c1. The van der Waals surface area contributed by atoms with Crippen molar-refractivity contribution >= 4 is 17.7 Å². The number of benzene rings is 2. The zero-order valence-electron chi connectivity index (χ0n) is 25.2. The molecule has 4 rings (SSSR count). The van der Waals surface area contributed by atoms with Gasteiger partial charge in [-0.2, -0.15) is 5.10 Å². The van der Waals surface area contributed by atoms with Crippen LogP contribution < -0.4 is 14.8 Å². The maximum Gasteiger partial charge on any atom is 0.410 e. The maximum atomic E-state index is 13.9. The fourth-order valence-electron chi connectivity index (χ4n) is 5.16. The van der Waals surface area contributed by atoms with Gasteiger partial charge < -0.3 is 24.4 Å². The zero-order chi connectivity index (χ0) is 29.7. The number of hydrogen-bond acceptors (Lipinski definition) is 6. The van der Waals surface area contributed by atoms with Gasteiger partial charge in [0.25, 0.3) is 5.91 Å². The van der Waals surface area contributed by atoms with Crippen LogP contribution in [0, 0.1) is 13.8 Å². The number of anilines is 1. The van der Waals surface area contributed by atoms with Gasteiger partial charge in [-0.1, -0.05) is 17.7 Å². The van der Waals surface area contributed by atoms with Crippen LogP contribution in [-0.2, 0) is 4.74 Å². The van der Waals surface area contributed by atoms with E-state index in [0.717, 1.165) is 22.5 Å². The van der Waals surface area contributed by atoms with Gasteiger partial charge in [0.2, 0.25) is 0 Å². The van der Waals surface area contributed by atoms with Gasteiger partial charge in [0.15, 0.2) is 0 Å². The van der Waals surface area contributed by atoms with Crippen molar-refractivity contribution in [1.82, 2.24) is 14.7 Å². The highest BCUT2D eigenvalue weighted by Gasteiger charge is 2.32. The van der Waals surface area contributed by atoms with E-state index >= 15 is 0 Å². The number of aromatic nitrogens is 2. The molecule has 1 fully saturated rings. The van der Waals surface area contributed by atoms with Crippen molar-refractivity contribution in [3.05, 3.63) is 65.0 Å². The van der Waals surface area contributed by atoms with Crippen LogP contribution in [0.1, 0.15) is 80.6 Å². The first kappa shape index (κ1) is 30.0. The summed E-state index contributed by atoms with van der Waals surface area (Å²) < 4.78 is 18.9. The van der Waals surface area contributed by atoms with Crippen molar-refractivity contribution in [3.63, 3.8) is 0 Å². The van der Waals surface area contributed by atoms with Gasteiger partial charge in [-0.15, -0.1) is 0 Å². The molecule has 0 atom stereocenters. The van der Waals surface area contributed by atoms with Gasteiger partial charge in [0.1, 0.15) is 17.1 Å². The molecule has 41 heavy (non-hydrogen) atoms. The van der Waals surface area contributed by atoms with Crippen LogP contribution in [0.25, 0.3) is 5.69 Å². The number of hydrogen-bond donors (Lipinski definition) is 1. The lowest BCUT2D eigenvalue weighted by molar-refractivity contribution is 0.0203. The summed E-state index contributed by atoms with van der Waals surface area (Å²) in [7, 11) is 0. The number of carbonyl (C=O) groups excluding carboxylic acids is 2. The monoisotopic (exact) mass is 562 g/mol. The Balaban J connectivity index is 1.68. The van der Waals surface area contributed by atoms with Gasteiger partial charge in [0, 0.05) is 25.1 Å². The van der Waals surface area contributed by atoms with E-state index in [1.807, 2.05) is 64.4 Å². The van der Waals surface area contributed by atoms with Gasteiger partial charge in [0.05, 0.1) is 42.0 Å². The Hall–Kier alpha value is -4.01. The normalized spacial score (nSPS) is 14.1. The van der Waals surface area contributed by atoms with E-state index in [2.05, 4.69) is 18.3 Å². The number of nitrogens with one attached hydrogen (secondary N) is 1. The Bertz CT molecular complexity index is 1380. The number of likely N-dealkylation sites (tertiary alicyclic amines) is 1. The Morgan fingerprint density at radius 2 is 1.71 bits per heavy atom. The van der Waals surface area contributed by atoms with Crippen LogP contribution in [0.15, 0.2) is 42.6 Å². The molecule has 220 valence electrons. The lowest BCUT2D eigenvalue weighted by Gasteiger charge is -2.34. The molecule has 0 spiro atoms.